The van der Waals surface area contributed by atoms with Crippen molar-refractivity contribution in [1.82, 2.24) is 4.90 Å². The Morgan fingerprint density at radius 1 is 0.912 bits per heavy atom. The number of nitrogens with one attached hydrogen (secondary N) is 1. The molecular formula is C30H35ClN2O. The van der Waals surface area contributed by atoms with Crippen LogP contribution in [0, 0.1) is 20.8 Å². The fraction of sp³-hybridized carbons (Fsp3) is 0.367. The molecular weight excluding hydrogens is 440 g/mol. The third-order valence-corrected chi connectivity index (χ3v) is 7.26. The van der Waals surface area contributed by atoms with Crippen LogP contribution in [0.15, 0.2) is 60.7 Å². The predicted molar refractivity (Wildman–Crippen MR) is 144 cm³/mol. The summed E-state index contributed by atoms with van der Waals surface area (Å²) in [5, 5.41) is 4.01. The second-order valence-electron chi connectivity index (χ2n) is 9.65. The van der Waals surface area contributed by atoms with E-state index in [2.05, 4.69) is 67.4 Å². The molecule has 1 saturated carbocycles. The molecule has 1 fully saturated rings. The van der Waals surface area contributed by atoms with E-state index in [4.69, 9.17) is 11.6 Å². The van der Waals surface area contributed by atoms with E-state index in [1.165, 1.54) is 31.2 Å². The molecule has 34 heavy (non-hydrogen) atoms. The van der Waals surface area contributed by atoms with Crippen molar-refractivity contribution in [2.24, 2.45) is 0 Å². The molecule has 0 heterocycles. The highest BCUT2D eigenvalue weighted by molar-refractivity contribution is 6.33. The lowest BCUT2D eigenvalue weighted by atomic mass is 10.0. The maximum absolute atomic E-state index is 13.6. The number of nitrogens with zero attached hydrogens (tertiary/aromatic N) is 1. The van der Waals surface area contributed by atoms with Crippen molar-refractivity contribution in [3.05, 3.63) is 87.9 Å². The SMILES string of the molecule is Cc1cc(C)c(NC(=O)N(Cc2ccc(-c3ccccc3Cl)cc2)C2CCCCCC2)c(C)c1. The van der Waals surface area contributed by atoms with E-state index in [9.17, 15) is 4.79 Å². The largest absolute Gasteiger partial charge is 0.322 e. The number of rotatable bonds is 5. The number of halogens is 1. The van der Waals surface area contributed by atoms with Gasteiger partial charge in [0.05, 0.1) is 0 Å². The summed E-state index contributed by atoms with van der Waals surface area (Å²) in [6, 6.07) is 20.9. The van der Waals surface area contributed by atoms with E-state index in [-0.39, 0.29) is 12.1 Å². The molecule has 4 rings (SSSR count). The van der Waals surface area contributed by atoms with Gasteiger partial charge in [-0.15, -0.1) is 0 Å². The Morgan fingerprint density at radius 3 is 2.15 bits per heavy atom. The van der Waals surface area contributed by atoms with Crippen molar-refractivity contribution >= 4 is 23.3 Å². The molecule has 0 atom stereocenters. The molecule has 0 spiro atoms. The van der Waals surface area contributed by atoms with Crippen molar-refractivity contribution in [1.29, 1.82) is 0 Å². The van der Waals surface area contributed by atoms with Crippen LogP contribution in [0.4, 0.5) is 10.5 Å². The Labute approximate surface area is 209 Å². The monoisotopic (exact) mass is 474 g/mol. The summed E-state index contributed by atoms with van der Waals surface area (Å²) >= 11 is 6.39. The lowest BCUT2D eigenvalue weighted by Crippen LogP contribution is -2.42. The molecule has 0 bridgehead atoms. The molecule has 1 aliphatic carbocycles. The van der Waals surface area contributed by atoms with E-state index in [0.29, 0.717) is 6.54 Å². The quantitative estimate of drug-likeness (QED) is 0.368. The third-order valence-electron chi connectivity index (χ3n) is 6.93. The van der Waals surface area contributed by atoms with Gasteiger partial charge in [0.2, 0.25) is 0 Å². The smallest absolute Gasteiger partial charge is 0.317 e. The van der Waals surface area contributed by atoms with Crippen molar-refractivity contribution in [3.8, 4) is 11.1 Å². The van der Waals surface area contributed by atoms with Gasteiger partial charge in [-0.2, -0.15) is 0 Å². The van der Waals surface area contributed by atoms with Crippen LogP contribution in [0.3, 0.4) is 0 Å². The highest BCUT2D eigenvalue weighted by Crippen LogP contribution is 2.30. The normalized spacial score (nSPS) is 14.5. The summed E-state index contributed by atoms with van der Waals surface area (Å²) in [5.74, 6) is 0. The van der Waals surface area contributed by atoms with Gasteiger partial charge >= 0.3 is 6.03 Å². The minimum absolute atomic E-state index is 0.00265. The summed E-state index contributed by atoms with van der Waals surface area (Å²) in [6.07, 6.45) is 7.02. The highest BCUT2D eigenvalue weighted by Gasteiger charge is 2.26. The molecule has 1 aliphatic rings. The van der Waals surface area contributed by atoms with Gasteiger partial charge in [0.1, 0.15) is 0 Å². The molecule has 2 amide bonds. The topological polar surface area (TPSA) is 32.3 Å². The Morgan fingerprint density at radius 2 is 1.53 bits per heavy atom. The van der Waals surface area contributed by atoms with E-state index in [1.807, 2.05) is 24.3 Å². The van der Waals surface area contributed by atoms with Crippen LogP contribution < -0.4 is 5.32 Å². The number of benzene rings is 3. The molecule has 0 saturated heterocycles. The molecule has 0 aromatic heterocycles. The molecule has 3 aromatic carbocycles. The zero-order chi connectivity index (χ0) is 24.1. The Kier molecular flexibility index (Phi) is 7.95. The van der Waals surface area contributed by atoms with Gasteiger partial charge in [-0.3, -0.25) is 0 Å². The molecule has 178 valence electrons. The number of urea groups is 1. The lowest BCUT2D eigenvalue weighted by Gasteiger charge is -2.32. The second-order valence-corrected chi connectivity index (χ2v) is 10.1. The highest BCUT2D eigenvalue weighted by atomic mass is 35.5. The van der Waals surface area contributed by atoms with Gasteiger partial charge in [-0.1, -0.05) is 97.4 Å². The van der Waals surface area contributed by atoms with Crippen LogP contribution in [0.2, 0.25) is 5.02 Å². The summed E-state index contributed by atoms with van der Waals surface area (Å²) in [4.78, 5) is 15.7. The van der Waals surface area contributed by atoms with Gasteiger partial charge in [-0.25, -0.2) is 4.79 Å². The third kappa shape index (κ3) is 5.82. The van der Waals surface area contributed by atoms with Gasteiger partial charge in [0.25, 0.3) is 0 Å². The van der Waals surface area contributed by atoms with Crippen molar-refractivity contribution in [2.45, 2.75) is 71.9 Å². The molecule has 0 aliphatic heterocycles. The molecule has 1 N–H and O–H groups in total. The summed E-state index contributed by atoms with van der Waals surface area (Å²) in [7, 11) is 0. The van der Waals surface area contributed by atoms with E-state index in [1.54, 1.807) is 0 Å². The Bertz CT molecular complexity index is 1110. The predicted octanol–water partition coefficient (Wildman–Crippen LogP) is 8.69. The number of anilines is 1. The van der Waals surface area contributed by atoms with E-state index >= 15 is 0 Å². The number of hydrogen-bond acceptors (Lipinski definition) is 1. The van der Waals surface area contributed by atoms with Crippen LogP contribution in [-0.2, 0) is 6.54 Å². The minimum atomic E-state index is -0.00265. The standard InChI is InChI=1S/C30H35ClN2O/c1-21-18-22(2)29(23(3)19-21)32-30(34)33(26-10-6-4-5-7-11-26)20-24-14-16-25(17-15-24)27-12-8-9-13-28(27)31/h8-9,12-19,26H,4-7,10-11,20H2,1-3H3,(H,32,34). The van der Waals surface area contributed by atoms with Crippen molar-refractivity contribution in [2.75, 3.05) is 5.32 Å². The summed E-state index contributed by atoms with van der Waals surface area (Å²) in [5.41, 5.74) is 7.61. The van der Waals surface area contributed by atoms with Crippen LogP contribution >= 0.6 is 11.6 Å². The first-order valence-electron chi connectivity index (χ1n) is 12.4. The molecule has 4 heteroatoms. The zero-order valence-corrected chi connectivity index (χ0v) is 21.3. The van der Waals surface area contributed by atoms with Crippen LogP contribution in [0.25, 0.3) is 11.1 Å². The molecule has 0 radical (unpaired) electrons. The van der Waals surface area contributed by atoms with Gasteiger partial charge < -0.3 is 10.2 Å². The van der Waals surface area contributed by atoms with Crippen LogP contribution in [0.5, 0.6) is 0 Å². The van der Waals surface area contributed by atoms with Gasteiger partial charge in [-0.05, 0) is 61.9 Å². The van der Waals surface area contributed by atoms with E-state index < -0.39 is 0 Å². The number of amides is 2. The van der Waals surface area contributed by atoms with Gasteiger partial charge in [0, 0.05) is 28.9 Å². The average molecular weight is 475 g/mol. The first kappa shape index (κ1) is 24.3. The number of carbonyl (C=O) groups is 1. The average Bonchev–Trinajstić information content (AvgIpc) is 3.10. The number of hydrogen-bond donors (Lipinski definition) is 1. The molecule has 0 unspecified atom stereocenters. The fourth-order valence-corrected chi connectivity index (χ4v) is 5.42. The Hall–Kier alpha value is -2.78. The zero-order valence-electron chi connectivity index (χ0n) is 20.5. The molecule has 3 aromatic rings. The summed E-state index contributed by atoms with van der Waals surface area (Å²) in [6.45, 7) is 6.83. The Balaban J connectivity index is 1.57. The maximum atomic E-state index is 13.6. The lowest BCUT2D eigenvalue weighted by molar-refractivity contribution is 0.175. The fourth-order valence-electron chi connectivity index (χ4n) is 5.17. The maximum Gasteiger partial charge on any atom is 0.322 e. The first-order valence-corrected chi connectivity index (χ1v) is 12.8. The van der Waals surface area contributed by atoms with Crippen LogP contribution in [0.1, 0.15) is 60.8 Å². The number of aryl methyl sites for hydroxylation is 3. The van der Waals surface area contributed by atoms with Gasteiger partial charge in [0.15, 0.2) is 0 Å². The number of carbonyl (C=O) groups excluding carboxylic acids is 1. The van der Waals surface area contributed by atoms with Crippen molar-refractivity contribution < 1.29 is 4.79 Å². The van der Waals surface area contributed by atoms with E-state index in [0.717, 1.165) is 51.4 Å². The van der Waals surface area contributed by atoms with Crippen LogP contribution in [-0.4, -0.2) is 17.0 Å². The summed E-state index contributed by atoms with van der Waals surface area (Å²) < 4.78 is 0. The molecule has 3 nitrogen and oxygen atoms in total. The minimum Gasteiger partial charge on any atom is -0.317 e. The second kappa shape index (κ2) is 11.1. The van der Waals surface area contributed by atoms with Crippen molar-refractivity contribution in [3.63, 3.8) is 0 Å². The first-order chi connectivity index (χ1) is 16.4.